The third-order valence-corrected chi connectivity index (χ3v) is 2.64. The van der Waals surface area contributed by atoms with Gasteiger partial charge in [0.2, 0.25) is 11.8 Å². The molecule has 0 aliphatic carbocycles. The molecule has 0 bridgehead atoms. The van der Waals surface area contributed by atoms with Gasteiger partial charge >= 0.3 is 0 Å². The van der Waals surface area contributed by atoms with Crippen LogP contribution in [0.2, 0.25) is 0 Å². The molecule has 1 aromatic heterocycles. The zero-order valence-corrected chi connectivity index (χ0v) is 10.2. The molecule has 3 rings (SSSR count). The van der Waals surface area contributed by atoms with Crippen LogP contribution in [0.1, 0.15) is 0 Å². The second-order valence-corrected chi connectivity index (χ2v) is 4.11. The number of fused-ring (bicyclic) bond motifs is 1. The van der Waals surface area contributed by atoms with Crippen LogP contribution in [-0.2, 0) is 0 Å². The molecule has 100 valence electrons. The van der Waals surface area contributed by atoms with Crippen molar-refractivity contribution in [3.63, 3.8) is 0 Å². The van der Waals surface area contributed by atoms with Crippen LogP contribution in [0.5, 0.6) is 11.6 Å². The normalized spacial score (nSPS) is 10.7. The Bertz CT molecular complexity index is 772. The van der Waals surface area contributed by atoms with Crippen molar-refractivity contribution in [2.75, 3.05) is 5.73 Å². The fourth-order valence-corrected chi connectivity index (χ4v) is 1.84. The first-order valence-corrected chi connectivity index (χ1v) is 5.78. The second-order valence-electron chi connectivity index (χ2n) is 4.11. The zero-order chi connectivity index (χ0) is 14.1. The summed E-state index contributed by atoms with van der Waals surface area (Å²) < 4.78 is 31.7. The lowest BCUT2D eigenvalue weighted by Crippen LogP contribution is -1.99. The molecule has 0 fully saturated rings. The van der Waals surface area contributed by atoms with Crippen molar-refractivity contribution in [2.45, 2.75) is 0 Å². The Morgan fingerprint density at radius 3 is 2.40 bits per heavy atom. The first-order chi connectivity index (χ1) is 9.61. The van der Waals surface area contributed by atoms with E-state index in [1.54, 1.807) is 24.3 Å². The van der Waals surface area contributed by atoms with E-state index in [-0.39, 0.29) is 17.6 Å². The Balaban J connectivity index is 2.10. The van der Waals surface area contributed by atoms with Crippen LogP contribution in [0.15, 0.2) is 42.5 Å². The van der Waals surface area contributed by atoms with Gasteiger partial charge in [0.25, 0.3) is 0 Å². The lowest BCUT2D eigenvalue weighted by atomic mass is 10.2. The van der Waals surface area contributed by atoms with Gasteiger partial charge in [-0.05, 0) is 12.1 Å². The fourth-order valence-electron chi connectivity index (χ4n) is 1.84. The van der Waals surface area contributed by atoms with Gasteiger partial charge < -0.3 is 10.5 Å². The second kappa shape index (κ2) is 4.73. The Morgan fingerprint density at radius 1 is 0.950 bits per heavy atom. The number of ether oxygens (including phenoxy) is 1. The molecule has 0 aliphatic rings. The van der Waals surface area contributed by atoms with E-state index in [1.807, 2.05) is 0 Å². The summed E-state index contributed by atoms with van der Waals surface area (Å²) in [6.45, 7) is 0. The molecular weight excluding hydrogens is 264 g/mol. The minimum absolute atomic E-state index is 0.00533. The molecule has 0 saturated heterocycles. The van der Waals surface area contributed by atoms with Gasteiger partial charge in [0, 0.05) is 18.2 Å². The molecule has 0 spiro atoms. The minimum atomic E-state index is -0.730. The topological polar surface area (TPSA) is 61.0 Å². The Kier molecular flexibility index (Phi) is 2.90. The summed E-state index contributed by atoms with van der Waals surface area (Å²) in [6, 6.07) is 9.94. The van der Waals surface area contributed by atoms with Crippen molar-refractivity contribution >= 4 is 16.9 Å². The van der Waals surface area contributed by atoms with Crippen LogP contribution < -0.4 is 10.5 Å². The smallest absolute Gasteiger partial charge is 0.231 e. The lowest BCUT2D eigenvalue weighted by Gasteiger charge is -2.08. The summed E-state index contributed by atoms with van der Waals surface area (Å²) in [5.41, 5.74) is 6.18. The Labute approximate surface area is 112 Å². The van der Waals surface area contributed by atoms with Crippen LogP contribution in [0.25, 0.3) is 10.9 Å². The molecule has 1 heterocycles. The van der Waals surface area contributed by atoms with Gasteiger partial charge in [0.05, 0.1) is 10.9 Å². The molecule has 4 nitrogen and oxygen atoms in total. The third-order valence-electron chi connectivity index (χ3n) is 2.64. The molecule has 0 unspecified atom stereocenters. The first-order valence-electron chi connectivity index (χ1n) is 5.78. The SMILES string of the molecule is Nc1nc(Oc2cc(F)cc(F)c2)c2ccccc2n1. The van der Waals surface area contributed by atoms with Crippen molar-refractivity contribution in [1.29, 1.82) is 0 Å². The highest BCUT2D eigenvalue weighted by Crippen LogP contribution is 2.28. The highest BCUT2D eigenvalue weighted by molar-refractivity contribution is 5.84. The quantitative estimate of drug-likeness (QED) is 0.778. The van der Waals surface area contributed by atoms with Gasteiger partial charge in [0.15, 0.2) is 0 Å². The molecule has 3 aromatic rings. The van der Waals surface area contributed by atoms with E-state index in [1.165, 1.54) is 0 Å². The molecule has 0 atom stereocenters. The molecule has 0 saturated carbocycles. The van der Waals surface area contributed by atoms with Crippen molar-refractivity contribution in [1.82, 2.24) is 9.97 Å². The third kappa shape index (κ3) is 2.35. The highest BCUT2D eigenvalue weighted by Gasteiger charge is 2.09. The van der Waals surface area contributed by atoms with Gasteiger partial charge in [-0.2, -0.15) is 4.98 Å². The number of rotatable bonds is 2. The number of halogens is 2. The molecule has 6 heteroatoms. The molecule has 2 N–H and O–H groups in total. The number of nitrogen functional groups attached to an aromatic ring is 1. The predicted octanol–water partition coefficient (Wildman–Crippen LogP) is 3.28. The number of hydrogen-bond acceptors (Lipinski definition) is 4. The van der Waals surface area contributed by atoms with Crippen LogP contribution >= 0.6 is 0 Å². The first kappa shape index (κ1) is 12.3. The summed E-state index contributed by atoms with van der Waals surface area (Å²) in [5, 5.41) is 0.603. The van der Waals surface area contributed by atoms with Crippen LogP contribution in [0.4, 0.5) is 14.7 Å². The van der Waals surface area contributed by atoms with Gasteiger partial charge in [-0.15, -0.1) is 0 Å². The van der Waals surface area contributed by atoms with Gasteiger partial charge in [-0.1, -0.05) is 12.1 Å². The molecule has 2 aromatic carbocycles. The molecule has 0 aliphatic heterocycles. The van der Waals surface area contributed by atoms with E-state index < -0.39 is 11.6 Å². The summed E-state index contributed by atoms with van der Waals surface area (Å²) in [6.07, 6.45) is 0. The predicted molar refractivity (Wildman–Crippen MR) is 70.4 cm³/mol. The highest BCUT2D eigenvalue weighted by atomic mass is 19.1. The average Bonchev–Trinajstić information content (AvgIpc) is 2.37. The maximum atomic E-state index is 13.1. The van der Waals surface area contributed by atoms with Gasteiger partial charge in [-0.3, -0.25) is 0 Å². The van der Waals surface area contributed by atoms with E-state index in [4.69, 9.17) is 10.5 Å². The van der Waals surface area contributed by atoms with E-state index >= 15 is 0 Å². The monoisotopic (exact) mass is 273 g/mol. The molecule has 0 radical (unpaired) electrons. The summed E-state index contributed by atoms with van der Waals surface area (Å²) >= 11 is 0. The summed E-state index contributed by atoms with van der Waals surface area (Å²) in [4.78, 5) is 8.01. The summed E-state index contributed by atoms with van der Waals surface area (Å²) in [7, 11) is 0. The number of nitrogens with two attached hydrogens (primary N) is 1. The molecular formula is C14H9F2N3O. The van der Waals surface area contributed by atoms with Crippen molar-refractivity contribution < 1.29 is 13.5 Å². The van der Waals surface area contributed by atoms with E-state index in [9.17, 15) is 8.78 Å². The minimum Gasteiger partial charge on any atom is -0.438 e. The molecule has 0 amide bonds. The summed E-state index contributed by atoms with van der Waals surface area (Å²) in [5.74, 6) is -1.28. The number of anilines is 1. The number of aromatic nitrogens is 2. The van der Waals surface area contributed by atoms with Crippen LogP contribution in [0, 0.1) is 11.6 Å². The maximum absolute atomic E-state index is 13.1. The van der Waals surface area contributed by atoms with Gasteiger partial charge in [-0.25, -0.2) is 13.8 Å². The van der Waals surface area contributed by atoms with Gasteiger partial charge in [0.1, 0.15) is 17.4 Å². The van der Waals surface area contributed by atoms with E-state index in [0.29, 0.717) is 10.9 Å². The van der Waals surface area contributed by atoms with E-state index in [0.717, 1.165) is 18.2 Å². The van der Waals surface area contributed by atoms with Crippen LogP contribution in [0.3, 0.4) is 0 Å². The van der Waals surface area contributed by atoms with Crippen molar-refractivity contribution in [2.24, 2.45) is 0 Å². The average molecular weight is 273 g/mol. The Hall–Kier alpha value is -2.76. The number of benzene rings is 2. The lowest BCUT2D eigenvalue weighted by molar-refractivity contribution is 0.457. The fraction of sp³-hybridized carbons (Fsp3) is 0. The van der Waals surface area contributed by atoms with E-state index in [2.05, 4.69) is 9.97 Å². The van der Waals surface area contributed by atoms with Crippen molar-refractivity contribution in [3.05, 3.63) is 54.1 Å². The number of nitrogens with zero attached hydrogens (tertiary/aromatic N) is 2. The van der Waals surface area contributed by atoms with Crippen molar-refractivity contribution in [3.8, 4) is 11.6 Å². The molecule has 20 heavy (non-hydrogen) atoms. The van der Waals surface area contributed by atoms with Crippen LogP contribution in [-0.4, -0.2) is 9.97 Å². The number of para-hydroxylation sites is 1. The maximum Gasteiger partial charge on any atom is 0.231 e. The largest absolute Gasteiger partial charge is 0.438 e. The number of hydrogen-bond donors (Lipinski definition) is 1. The standard InChI is InChI=1S/C14H9F2N3O/c15-8-5-9(16)7-10(6-8)20-13-11-3-1-2-4-12(11)18-14(17)19-13/h1-7H,(H2,17,18,19). The zero-order valence-electron chi connectivity index (χ0n) is 10.2. The Morgan fingerprint density at radius 2 is 1.65 bits per heavy atom.